The average molecular weight is 374 g/mol. The van der Waals surface area contributed by atoms with Crippen LogP contribution in [-0.2, 0) is 0 Å². The molecule has 0 aromatic heterocycles. The molecule has 66 valence electrons. The predicted molar refractivity (Wildman–Crippen MR) is 60.7 cm³/mol. The van der Waals surface area contributed by atoms with Crippen LogP contribution < -0.4 is 7.16 Å². The second-order valence-electron chi connectivity index (χ2n) is 3.58. The molecule has 2 heteroatoms. The fourth-order valence-electron chi connectivity index (χ4n) is 1.14. The monoisotopic (exact) mass is 376 g/mol. The molecular formula is C10H16Sn2-2. The number of rotatable bonds is 2. The van der Waals surface area contributed by atoms with E-state index in [1.807, 2.05) is 0 Å². The van der Waals surface area contributed by atoms with Crippen molar-refractivity contribution in [3.8, 4) is 0 Å². The Morgan fingerprint density at radius 3 is 1.08 bits per heavy atom. The van der Waals surface area contributed by atoms with Gasteiger partial charge in [0, 0.05) is 0 Å². The van der Waals surface area contributed by atoms with Gasteiger partial charge in [-0.1, -0.05) is 0 Å². The minimum absolute atomic E-state index is 1.07. The van der Waals surface area contributed by atoms with E-state index in [4.69, 9.17) is 0 Å². The molecule has 0 aliphatic carbocycles. The van der Waals surface area contributed by atoms with E-state index in [9.17, 15) is 0 Å². The van der Waals surface area contributed by atoms with Crippen LogP contribution in [-0.4, -0.2) is 39.5 Å². The summed E-state index contributed by atoms with van der Waals surface area (Å²) in [5.41, 5.74) is 0. The van der Waals surface area contributed by atoms with Crippen molar-refractivity contribution in [2.75, 3.05) is 0 Å². The second kappa shape index (κ2) is 4.89. The molecule has 0 spiro atoms. The molecule has 1 rings (SSSR count). The number of benzene rings is 1. The van der Waals surface area contributed by atoms with Gasteiger partial charge in [-0.25, -0.2) is 0 Å². The van der Waals surface area contributed by atoms with E-state index in [2.05, 4.69) is 44.0 Å². The second-order valence-corrected chi connectivity index (χ2v) is 18.3. The molecule has 0 aliphatic rings. The van der Waals surface area contributed by atoms with E-state index < -0.39 is 39.5 Å². The van der Waals surface area contributed by atoms with E-state index in [1.165, 1.54) is 0 Å². The van der Waals surface area contributed by atoms with Gasteiger partial charge in [-0.05, 0) is 0 Å². The first-order valence-electron chi connectivity index (χ1n) is 4.32. The zero-order valence-electron chi connectivity index (χ0n) is 8.31. The molecule has 0 saturated heterocycles. The van der Waals surface area contributed by atoms with Crippen LogP contribution in [0.3, 0.4) is 0 Å². The van der Waals surface area contributed by atoms with Gasteiger partial charge in [0.25, 0.3) is 0 Å². The van der Waals surface area contributed by atoms with Crippen molar-refractivity contribution in [2.45, 2.75) is 19.8 Å². The van der Waals surface area contributed by atoms with Gasteiger partial charge in [0.2, 0.25) is 0 Å². The Bertz CT molecular complexity index is 210. The fraction of sp³-hybridized carbons (Fsp3) is 0.400. The third-order valence-electron chi connectivity index (χ3n) is 2.04. The quantitative estimate of drug-likeness (QED) is 0.691. The van der Waals surface area contributed by atoms with Gasteiger partial charge >= 0.3 is 90.7 Å². The van der Waals surface area contributed by atoms with Gasteiger partial charge in [0.05, 0.1) is 0 Å². The molecule has 0 heterocycles. The number of hydrogen-bond donors (Lipinski definition) is 0. The van der Waals surface area contributed by atoms with Crippen molar-refractivity contribution in [1.29, 1.82) is 0 Å². The number of hydrogen-bond acceptors (Lipinski definition) is 0. The Balaban J connectivity index is 2.86. The van der Waals surface area contributed by atoms with Crippen LogP contribution in [0.25, 0.3) is 0 Å². The standard InChI is InChI=1S/C6H4.4CH3.2Sn/c1-2-4-6-5-3-1;;;;;;/h1-2,5-6H;4*1H3;;/q;;;;;2*-1. The Hall–Kier alpha value is 0.817. The molecule has 0 bridgehead atoms. The zero-order chi connectivity index (χ0) is 9.14. The predicted octanol–water partition coefficient (Wildman–Crippen LogP) is 1.61. The summed E-state index contributed by atoms with van der Waals surface area (Å²) in [6.45, 7) is 0. The molecule has 0 fully saturated rings. The first-order chi connectivity index (χ1) is 5.61. The third-order valence-corrected chi connectivity index (χ3v) is 10.5. The van der Waals surface area contributed by atoms with Crippen molar-refractivity contribution in [2.24, 2.45) is 0 Å². The molecule has 12 heavy (non-hydrogen) atoms. The third kappa shape index (κ3) is 2.94. The molecular weight excluding hydrogens is 358 g/mol. The summed E-state index contributed by atoms with van der Waals surface area (Å²) in [5, 5.41) is 0. The van der Waals surface area contributed by atoms with Crippen molar-refractivity contribution < 1.29 is 0 Å². The van der Waals surface area contributed by atoms with Crippen LogP contribution in [0.5, 0.6) is 0 Å². The van der Waals surface area contributed by atoms with Gasteiger partial charge in [-0.3, -0.25) is 0 Å². The van der Waals surface area contributed by atoms with Gasteiger partial charge in [-0.15, -0.1) is 0 Å². The summed E-state index contributed by atoms with van der Waals surface area (Å²) < 4.78 is 3.32. The summed E-state index contributed by atoms with van der Waals surface area (Å²) in [7, 11) is 0. The summed E-state index contributed by atoms with van der Waals surface area (Å²) in [4.78, 5) is 9.76. The van der Waals surface area contributed by atoms with Crippen molar-refractivity contribution in [1.82, 2.24) is 0 Å². The van der Waals surface area contributed by atoms with Gasteiger partial charge in [0.15, 0.2) is 0 Å². The molecule has 0 saturated carbocycles. The molecule has 1 aromatic carbocycles. The first-order valence-corrected chi connectivity index (χ1v) is 18.6. The zero-order valence-corrected chi connectivity index (χ0v) is 14.0. The van der Waals surface area contributed by atoms with E-state index in [1.54, 1.807) is 7.16 Å². The van der Waals surface area contributed by atoms with Gasteiger partial charge in [-0.2, -0.15) is 0 Å². The summed E-state index contributed by atoms with van der Waals surface area (Å²) in [6, 6.07) is 9.49. The first kappa shape index (κ1) is 10.9. The van der Waals surface area contributed by atoms with Gasteiger partial charge in [0.1, 0.15) is 0 Å². The van der Waals surface area contributed by atoms with Crippen LogP contribution in [0.1, 0.15) is 0 Å². The fourth-order valence-corrected chi connectivity index (χ4v) is 5.89. The van der Waals surface area contributed by atoms with Gasteiger partial charge < -0.3 is 0 Å². The maximum atomic E-state index is 2.44. The van der Waals surface area contributed by atoms with Crippen LogP contribution >= 0.6 is 0 Å². The van der Waals surface area contributed by atoms with Crippen LogP contribution in [0, 0.1) is 0 Å². The summed E-state index contributed by atoms with van der Waals surface area (Å²) >= 11 is -2.14. The SMILES string of the molecule is [CH3][Sn-]([CH3])[c]1cc[c]([Sn-]([CH3])[CH3])cc1. The Morgan fingerprint density at radius 1 is 0.667 bits per heavy atom. The van der Waals surface area contributed by atoms with E-state index in [0.29, 0.717) is 0 Å². The van der Waals surface area contributed by atoms with Crippen molar-refractivity contribution >= 4 is 46.7 Å². The minimum atomic E-state index is -1.07. The average Bonchev–Trinajstić information content (AvgIpc) is 2.04. The van der Waals surface area contributed by atoms with E-state index in [0.717, 1.165) is 0 Å². The Kier molecular flexibility index (Phi) is 4.44. The molecule has 0 amide bonds. The molecule has 1 aromatic rings. The Labute approximate surface area is 89.9 Å². The van der Waals surface area contributed by atoms with Crippen LogP contribution in [0.2, 0.25) is 19.8 Å². The topological polar surface area (TPSA) is 0 Å². The summed E-state index contributed by atoms with van der Waals surface area (Å²) in [6.07, 6.45) is 0. The molecule has 0 unspecified atom stereocenters. The maximum absolute atomic E-state index is 2.44. The molecule has 0 nitrogen and oxygen atoms in total. The molecule has 0 N–H and O–H groups in total. The van der Waals surface area contributed by atoms with E-state index in [-0.39, 0.29) is 0 Å². The van der Waals surface area contributed by atoms with Crippen molar-refractivity contribution in [3.05, 3.63) is 24.3 Å². The Morgan fingerprint density at radius 2 is 0.917 bits per heavy atom. The normalized spacial score (nSPS) is 9.67. The van der Waals surface area contributed by atoms with Crippen molar-refractivity contribution in [3.63, 3.8) is 0 Å². The molecule has 0 atom stereocenters. The van der Waals surface area contributed by atoms with E-state index >= 15 is 0 Å². The molecule has 0 radical (unpaired) electrons. The van der Waals surface area contributed by atoms with Crippen LogP contribution in [0.4, 0.5) is 0 Å². The summed E-state index contributed by atoms with van der Waals surface area (Å²) in [5.74, 6) is 0. The molecule has 0 aliphatic heterocycles. The van der Waals surface area contributed by atoms with Crippen LogP contribution in [0.15, 0.2) is 24.3 Å².